The molecule has 0 spiro atoms. The van der Waals surface area contributed by atoms with Crippen LogP contribution in [0.4, 0.5) is 0 Å². The molecule has 0 bridgehead atoms. The maximum atomic E-state index is 12.4. The van der Waals surface area contributed by atoms with Gasteiger partial charge in [-0.25, -0.2) is 4.98 Å². The van der Waals surface area contributed by atoms with E-state index in [1.165, 1.54) is 11.3 Å². The minimum Gasteiger partial charge on any atom is -0.344 e. The van der Waals surface area contributed by atoms with Gasteiger partial charge >= 0.3 is 0 Å². The molecule has 2 aromatic heterocycles. The lowest BCUT2D eigenvalue weighted by Gasteiger charge is -2.22. The van der Waals surface area contributed by atoms with E-state index in [4.69, 9.17) is 0 Å². The van der Waals surface area contributed by atoms with Gasteiger partial charge in [-0.2, -0.15) is 0 Å². The third-order valence-corrected chi connectivity index (χ3v) is 4.14. The zero-order valence-electron chi connectivity index (χ0n) is 10.2. The molecular weight excluding hydrogens is 246 g/mol. The van der Waals surface area contributed by atoms with E-state index in [1.807, 2.05) is 35.5 Å². The van der Waals surface area contributed by atoms with Gasteiger partial charge in [-0.1, -0.05) is 6.07 Å². The van der Waals surface area contributed by atoms with Crippen LogP contribution in [0.15, 0.2) is 23.7 Å². The Bertz CT molecular complexity index is 546. The second-order valence-electron chi connectivity index (χ2n) is 4.59. The van der Waals surface area contributed by atoms with Crippen molar-refractivity contribution in [2.75, 3.05) is 6.54 Å². The van der Waals surface area contributed by atoms with Gasteiger partial charge < -0.3 is 9.88 Å². The summed E-state index contributed by atoms with van der Waals surface area (Å²) in [6.07, 6.45) is 3.85. The number of aromatic amines is 1. The fraction of sp³-hybridized carbons (Fsp3) is 0.385. The van der Waals surface area contributed by atoms with Crippen molar-refractivity contribution in [2.45, 2.75) is 25.8 Å². The van der Waals surface area contributed by atoms with Gasteiger partial charge in [-0.3, -0.25) is 4.79 Å². The summed E-state index contributed by atoms with van der Waals surface area (Å²) < 4.78 is 0. The van der Waals surface area contributed by atoms with E-state index in [2.05, 4.69) is 9.97 Å². The Morgan fingerprint density at radius 2 is 2.50 bits per heavy atom. The van der Waals surface area contributed by atoms with Crippen LogP contribution in [0, 0.1) is 6.92 Å². The molecule has 0 aliphatic carbocycles. The van der Waals surface area contributed by atoms with Gasteiger partial charge in [0.25, 0.3) is 5.91 Å². The first-order chi connectivity index (χ1) is 8.75. The molecule has 5 heteroatoms. The van der Waals surface area contributed by atoms with Crippen LogP contribution in [0.2, 0.25) is 0 Å². The first kappa shape index (κ1) is 11.5. The number of nitrogens with one attached hydrogen (secondary N) is 1. The summed E-state index contributed by atoms with van der Waals surface area (Å²) in [4.78, 5) is 22.8. The van der Waals surface area contributed by atoms with Gasteiger partial charge in [0, 0.05) is 18.4 Å². The van der Waals surface area contributed by atoms with E-state index < -0.39 is 0 Å². The van der Waals surface area contributed by atoms with Crippen molar-refractivity contribution < 1.29 is 4.79 Å². The quantitative estimate of drug-likeness (QED) is 0.903. The normalized spacial score (nSPS) is 19.4. The number of aromatic nitrogens is 2. The summed E-state index contributed by atoms with van der Waals surface area (Å²) in [6.45, 7) is 2.80. The number of likely N-dealkylation sites (tertiary alicyclic amines) is 1. The van der Waals surface area contributed by atoms with Gasteiger partial charge in [0.05, 0.1) is 10.9 Å². The second kappa shape index (κ2) is 4.57. The molecule has 3 heterocycles. The molecule has 2 aromatic rings. The Hall–Kier alpha value is -1.62. The standard InChI is InChI=1S/C13H15N3OS/c1-9-8-14-12(15-9)10-4-2-6-16(10)13(17)11-5-3-7-18-11/h3,5,7-8,10H,2,4,6H2,1H3,(H,14,15)/t10-/m1/s1. The molecule has 1 saturated heterocycles. The molecule has 18 heavy (non-hydrogen) atoms. The molecule has 1 fully saturated rings. The molecule has 0 aromatic carbocycles. The number of rotatable bonds is 2. The Kier molecular flexibility index (Phi) is 2.91. The van der Waals surface area contributed by atoms with Crippen LogP contribution in [0.1, 0.15) is 40.1 Å². The summed E-state index contributed by atoms with van der Waals surface area (Å²) in [5, 5.41) is 1.94. The van der Waals surface area contributed by atoms with E-state index in [1.54, 1.807) is 0 Å². The van der Waals surface area contributed by atoms with Crippen molar-refractivity contribution in [2.24, 2.45) is 0 Å². The predicted molar refractivity (Wildman–Crippen MR) is 70.7 cm³/mol. The van der Waals surface area contributed by atoms with Crippen LogP contribution >= 0.6 is 11.3 Å². The molecule has 94 valence electrons. The largest absolute Gasteiger partial charge is 0.344 e. The number of hydrogen-bond donors (Lipinski definition) is 1. The monoisotopic (exact) mass is 261 g/mol. The van der Waals surface area contributed by atoms with Gasteiger partial charge in [-0.05, 0) is 31.2 Å². The molecule has 0 unspecified atom stereocenters. The molecular formula is C13H15N3OS. The number of amides is 1. The zero-order chi connectivity index (χ0) is 12.5. The first-order valence-electron chi connectivity index (χ1n) is 6.11. The van der Waals surface area contributed by atoms with Gasteiger partial charge in [0.1, 0.15) is 5.82 Å². The number of H-pyrrole nitrogens is 1. The summed E-state index contributed by atoms with van der Waals surface area (Å²) in [5.74, 6) is 1.04. The fourth-order valence-electron chi connectivity index (χ4n) is 2.44. The lowest BCUT2D eigenvalue weighted by Crippen LogP contribution is -2.30. The molecule has 0 radical (unpaired) electrons. The molecule has 1 N–H and O–H groups in total. The van der Waals surface area contributed by atoms with Crippen molar-refractivity contribution >= 4 is 17.2 Å². The average molecular weight is 261 g/mol. The molecule has 3 rings (SSSR count). The topological polar surface area (TPSA) is 49.0 Å². The molecule has 1 aliphatic rings. The van der Waals surface area contributed by atoms with Crippen LogP contribution < -0.4 is 0 Å². The van der Waals surface area contributed by atoms with Crippen molar-refractivity contribution in [1.29, 1.82) is 0 Å². The lowest BCUT2D eigenvalue weighted by molar-refractivity contribution is 0.0735. The SMILES string of the molecule is Cc1cnc([C@H]2CCCN2C(=O)c2cccs2)[nH]1. The number of carbonyl (C=O) groups is 1. The highest BCUT2D eigenvalue weighted by molar-refractivity contribution is 7.12. The third-order valence-electron chi connectivity index (χ3n) is 3.28. The third kappa shape index (κ3) is 1.95. The minimum absolute atomic E-state index is 0.105. The van der Waals surface area contributed by atoms with E-state index in [9.17, 15) is 4.79 Å². The smallest absolute Gasteiger partial charge is 0.264 e. The van der Waals surface area contributed by atoms with Crippen LogP contribution in [0.5, 0.6) is 0 Å². The predicted octanol–water partition coefficient (Wildman–Crippen LogP) is 2.76. The average Bonchev–Trinajstić information content (AvgIpc) is 3.09. The van der Waals surface area contributed by atoms with Crippen LogP contribution in [0.3, 0.4) is 0 Å². The fourth-order valence-corrected chi connectivity index (χ4v) is 3.12. The Morgan fingerprint density at radius 1 is 1.61 bits per heavy atom. The summed E-state index contributed by atoms with van der Waals surface area (Å²) in [6, 6.07) is 3.91. The number of carbonyl (C=O) groups excluding carboxylic acids is 1. The molecule has 1 atom stereocenters. The molecule has 0 saturated carbocycles. The van der Waals surface area contributed by atoms with Crippen LogP contribution in [0.25, 0.3) is 0 Å². The number of hydrogen-bond acceptors (Lipinski definition) is 3. The number of thiophene rings is 1. The highest BCUT2D eigenvalue weighted by Crippen LogP contribution is 2.32. The van der Waals surface area contributed by atoms with Gasteiger partial charge in [0.15, 0.2) is 0 Å². The van der Waals surface area contributed by atoms with E-state index in [-0.39, 0.29) is 11.9 Å². The van der Waals surface area contributed by atoms with Crippen LogP contribution in [-0.2, 0) is 0 Å². The molecule has 1 amide bonds. The van der Waals surface area contributed by atoms with Crippen LogP contribution in [-0.4, -0.2) is 27.3 Å². The Morgan fingerprint density at radius 3 is 3.17 bits per heavy atom. The Balaban J connectivity index is 1.85. The number of aryl methyl sites for hydroxylation is 1. The number of nitrogens with zero attached hydrogens (tertiary/aromatic N) is 2. The van der Waals surface area contributed by atoms with E-state index in [0.717, 1.165) is 35.8 Å². The van der Waals surface area contributed by atoms with Crippen molar-refractivity contribution in [3.8, 4) is 0 Å². The molecule has 1 aliphatic heterocycles. The van der Waals surface area contributed by atoms with Crippen molar-refractivity contribution in [3.05, 3.63) is 40.1 Å². The van der Waals surface area contributed by atoms with Crippen molar-refractivity contribution in [3.63, 3.8) is 0 Å². The zero-order valence-corrected chi connectivity index (χ0v) is 11.0. The number of imidazole rings is 1. The van der Waals surface area contributed by atoms with Gasteiger partial charge in [0.2, 0.25) is 0 Å². The van der Waals surface area contributed by atoms with E-state index >= 15 is 0 Å². The Labute approximate surface area is 110 Å². The van der Waals surface area contributed by atoms with E-state index in [0.29, 0.717) is 0 Å². The summed E-state index contributed by atoms with van der Waals surface area (Å²) >= 11 is 1.50. The summed E-state index contributed by atoms with van der Waals surface area (Å²) in [5.41, 5.74) is 1.04. The van der Waals surface area contributed by atoms with Crippen molar-refractivity contribution in [1.82, 2.24) is 14.9 Å². The van der Waals surface area contributed by atoms with Gasteiger partial charge in [-0.15, -0.1) is 11.3 Å². The maximum Gasteiger partial charge on any atom is 0.264 e. The highest BCUT2D eigenvalue weighted by atomic mass is 32.1. The second-order valence-corrected chi connectivity index (χ2v) is 5.53. The maximum absolute atomic E-state index is 12.4. The highest BCUT2D eigenvalue weighted by Gasteiger charge is 2.32. The minimum atomic E-state index is 0.105. The molecule has 4 nitrogen and oxygen atoms in total. The summed E-state index contributed by atoms with van der Waals surface area (Å²) in [7, 11) is 0. The first-order valence-corrected chi connectivity index (χ1v) is 6.99. The lowest BCUT2D eigenvalue weighted by atomic mass is 10.2.